The monoisotopic (exact) mass is 549 g/mol. The van der Waals surface area contributed by atoms with Crippen LogP contribution in [-0.4, -0.2) is 84.6 Å². The standard InChI is InChI=1S/C26H31NO10S/c1-34-24-17(36-26-23(33)22(32)21(31)18(10-28)37-26)8-12-4-6-15(27-11-29)14-9-16(30)19(38-3)7-5-13(14)20(12)25(24)35-2/h5,7-9,11,15,18,21-23,26,28,31-33H,4,6,10H2,1-3H3,(H,27,29). The van der Waals surface area contributed by atoms with Crippen molar-refractivity contribution >= 4 is 18.2 Å². The molecule has 2 aromatic rings. The number of carbonyl (C=O) groups is 1. The normalized spacial score (nSPS) is 26.4. The van der Waals surface area contributed by atoms with Crippen LogP contribution in [0.5, 0.6) is 17.2 Å². The number of hydrogen-bond donors (Lipinski definition) is 5. The number of carbonyl (C=O) groups excluding carboxylic acids is 1. The molecule has 6 atom stereocenters. The maximum absolute atomic E-state index is 12.9. The van der Waals surface area contributed by atoms with Gasteiger partial charge in [0.15, 0.2) is 16.9 Å². The van der Waals surface area contributed by atoms with Gasteiger partial charge < -0.3 is 44.7 Å². The number of aliphatic hydroxyl groups is 4. The summed E-state index contributed by atoms with van der Waals surface area (Å²) in [4.78, 5) is 24.8. The Morgan fingerprint density at radius 1 is 1.11 bits per heavy atom. The maximum Gasteiger partial charge on any atom is 0.229 e. The van der Waals surface area contributed by atoms with Crippen molar-refractivity contribution in [2.45, 2.75) is 54.5 Å². The van der Waals surface area contributed by atoms with Crippen LogP contribution >= 0.6 is 11.8 Å². The summed E-state index contributed by atoms with van der Waals surface area (Å²) in [6.45, 7) is -0.603. The topological polar surface area (TPSA) is 164 Å². The number of hydrogen-bond acceptors (Lipinski definition) is 11. The predicted octanol–water partition coefficient (Wildman–Crippen LogP) is 0.365. The second-order valence-electron chi connectivity index (χ2n) is 8.95. The Morgan fingerprint density at radius 2 is 1.84 bits per heavy atom. The lowest BCUT2D eigenvalue weighted by Crippen LogP contribution is -2.60. The number of ether oxygens (including phenoxy) is 4. The molecule has 1 saturated heterocycles. The molecular weight excluding hydrogens is 518 g/mol. The first-order valence-corrected chi connectivity index (χ1v) is 13.2. The summed E-state index contributed by atoms with van der Waals surface area (Å²) in [5, 5.41) is 43.1. The van der Waals surface area contributed by atoms with Gasteiger partial charge in [-0.05, 0) is 54.0 Å². The third-order valence-electron chi connectivity index (χ3n) is 6.86. The number of aryl methyl sites for hydroxylation is 1. The fourth-order valence-corrected chi connectivity index (χ4v) is 5.41. The van der Waals surface area contributed by atoms with Crippen molar-refractivity contribution in [3.05, 3.63) is 45.6 Å². The molecule has 5 N–H and O–H groups in total. The first kappa shape index (κ1) is 28.1. The van der Waals surface area contributed by atoms with Crippen molar-refractivity contribution in [3.63, 3.8) is 0 Å². The van der Waals surface area contributed by atoms with E-state index in [-0.39, 0.29) is 16.9 Å². The fraction of sp³-hybridized carbons (Fsp3) is 0.462. The van der Waals surface area contributed by atoms with Gasteiger partial charge in [-0.1, -0.05) is 6.07 Å². The van der Waals surface area contributed by atoms with Crippen LogP contribution < -0.4 is 25.0 Å². The van der Waals surface area contributed by atoms with Crippen molar-refractivity contribution in [1.29, 1.82) is 0 Å². The SMILES string of the molecule is COc1c(OC2OC(CO)C(O)C(O)C2O)cc2c(c1OC)-c1ccc(SC)c(=O)cc1C(NC=O)CC2. The predicted molar refractivity (Wildman–Crippen MR) is 138 cm³/mol. The molecule has 1 aliphatic heterocycles. The van der Waals surface area contributed by atoms with Gasteiger partial charge in [0.2, 0.25) is 18.4 Å². The lowest BCUT2D eigenvalue weighted by atomic mass is 9.95. The zero-order valence-corrected chi connectivity index (χ0v) is 21.9. The quantitative estimate of drug-likeness (QED) is 0.228. The van der Waals surface area contributed by atoms with Crippen LogP contribution in [0.4, 0.5) is 0 Å². The van der Waals surface area contributed by atoms with Crippen LogP contribution in [0.15, 0.2) is 34.0 Å². The highest BCUT2D eigenvalue weighted by atomic mass is 32.2. The highest BCUT2D eigenvalue weighted by molar-refractivity contribution is 7.98. The van der Waals surface area contributed by atoms with Gasteiger partial charge in [-0.15, -0.1) is 11.8 Å². The van der Waals surface area contributed by atoms with E-state index >= 15 is 0 Å². The van der Waals surface area contributed by atoms with E-state index in [4.69, 9.17) is 18.9 Å². The third-order valence-corrected chi connectivity index (χ3v) is 7.64. The number of rotatable bonds is 8. The van der Waals surface area contributed by atoms with E-state index in [9.17, 15) is 30.0 Å². The molecule has 1 fully saturated rings. The molecule has 1 amide bonds. The maximum atomic E-state index is 12.9. The average Bonchev–Trinajstić information content (AvgIpc) is 3.16. The zero-order chi connectivity index (χ0) is 27.6. The van der Waals surface area contributed by atoms with Crippen molar-refractivity contribution in [1.82, 2.24) is 5.32 Å². The Bertz CT molecular complexity index is 1240. The minimum Gasteiger partial charge on any atom is -0.492 e. The highest BCUT2D eigenvalue weighted by Gasteiger charge is 2.45. The lowest BCUT2D eigenvalue weighted by molar-refractivity contribution is -0.277. The third kappa shape index (κ3) is 5.07. The van der Waals surface area contributed by atoms with Crippen molar-refractivity contribution in [3.8, 4) is 28.4 Å². The molecule has 0 saturated carbocycles. The summed E-state index contributed by atoms with van der Waals surface area (Å²) in [7, 11) is 2.86. The van der Waals surface area contributed by atoms with E-state index in [1.807, 2.05) is 12.3 Å². The molecular formula is C26H31NO10S. The molecule has 0 radical (unpaired) electrons. The van der Waals surface area contributed by atoms with E-state index in [0.717, 1.165) is 5.56 Å². The molecule has 2 aromatic carbocycles. The Morgan fingerprint density at radius 3 is 2.47 bits per heavy atom. The summed E-state index contributed by atoms with van der Waals surface area (Å²) >= 11 is 1.32. The Labute approximate surface area is 223 Å². The van der Waals surface area contributed by atoms with Crippen LogP contribution in [0.2, 0.25) is 0 Å². The van der Waals surface area contributed by atoms with Crippen LogP contribution in [0.3, 0.4) is 0 Å². The Hall–Kier alpha value is -2.87. The van der Waals surface area contributed by atoms with Crippen molar-refractivity contribution in [2.75, 3.05) is 27.1 Å². The van der Waals surface area contributed by atoms with E-state index in [0.29, 0.717) is 46.6 Å². The largest absolute Gasteiger partial charge is 0.492 e. The van der Waals surface area contributed by atoms with Gasteiger partial charge in [-0.25, -0.2) is 0 Å². The molecule has 11 nitrogen and oxygen atoms in total. The van der Waals surface area contributed by atoms with E-state index in [2.05, 4.69) is 5.32 Å². The summed E-state index contributed by atoms with van der Waals surface area (Å²) < 4.78 is 22.9. The summed E-state index contributed by atoms with van der Waals surface area (Å²) in [5.74, 6) is 0.585. The van der Waals surface area contributed by atoms with Gasteiger partial charge in [0.1, 0.15) is 24.4 Å². The number of fused-ring (bicyclic) bond motifs is 3. The first-order valence-electron chi connectivity index (χ1n) is 12.0. The van der Waals surface area contributed by atoms with E-state index in [1.165, 1.54) is 32.0 Å². The van der Waals surface area contributed by atoms with Gasteiger partial charge in [0.05, 0.1) is 31.8 Å². The Balaban J connectivity index is 1.89. The van der Waals surface area contributed by atoms with Crippen LogP contribution in [-0.2, 0) is 16.0 Å². The summed E-state index contributed by atoms with van der Waals surface area (Å²) in [6, 6.07) is 6.30. The molecule has 1 heterocycles. The van der Waals surface area contributed by atoms with Crippen LogP contribution in [0.1, 0.15) is 23.6 Å². The number of nitrogens with one attached hydrogen (secondary N) is 1. The fourth-order valence-electron chi connectivity index (χ4n) is 4.95. The van der Waals surface area contributed by atoms with E-state index < -0.39 is 43.4 Å². The molecule has 0 aromatic heterocycles. The molecule has 0 spiro atoms. The molecule has 1 aliphatic carbocycles. The van der Waals surface area contributed by atoms with Crippen LogP contribution in [0, 0.1) is 0 Å². The molecule has 0 bridgehead atoms. The number of methoxy groups -OCH3 is 2. The second-order valence-corrected chi connectivity index (χ2v) is 9.79. The molecule has 6 unspecified atom stereocenters. The molecule has 38 heavy (non-hydrogen) atoms. The van der Waals surface area contributed by atoms with Gasteiger partial charge in [0.25, 0.3) is 0 Å². The van der Waals surface area contributed by atoms with Crippen LogP contribution in [0.25, 0.3) is 11.1 Å². The summed E-state index contributed by atoms with van der Waals surface area (Å²) in [6.07, 6.45) is -4.03. The molecule has 12 heteroatoms. The highest BCUT2D eigenvalue weighted by Crippen LogP contribution is 2.50. The first-order chi connectivity index (χ1) is 18.3. The number of benzene rings is 1. The minimum absolute atomic E-state index is 0.130. The van der Waals surface area contributed by atoms with Gasteiger partial charge in [-0.2, -0.15) is 0 Å². The minimum atomic E-state index is -1.62. The number of amides is 1. The van der Waals surface area contributed by atoms with Crippen molar-refractivity contribution < 1.29 is 44.2 Å². The zero-order valence-electron chi connectivity index (χ0n) is 21.1. The second kappa shape index (κ2) is 11.9. The van der Waals surface area contributed by atoms with Gasteiger partial charge in [0, 0.05) is 5.56 Å². The molecule has 206 valence electrons. The smallest absolute Gasteiger partial charge is 0.229 e. The summed E-state index contributed by atoms with van der Waals surface area (Å²) in [5.41, 5.74) is 2.53. The molecule has 4 rings (SSSR count). The van der Waals surface area contributed by atoms with Gasteiger partial charge >= 0.3 is 0 Å². The molecule has 2 aliphatic rings. The van der Waals surface area contributed by atoms with Gasteiger partial charge in [-0.3, -0.25) is 9.59 Å². The number of thioether (sulfide) groups is 1. The Kier molecular flexibility index (Phi) is 8.81. The average molecular weight is 550 g/mol. The number of aliphatic hydroxyl groups excluding tert-OH is 4. The van der Waals surface area contributed by atoms with E-state index in [1.54, 1.807) is 12.1 Å². The lowest BCUT2D eigenvalue weighted by Gasteiger charge is -2.39. The van der Waals surface area contributed by atoms with Crippen molar-refractivity contribution in [2.24, 2.45) is 0 Å².